The Morgan fingerprint density at radius 3 is 2.11 bits per heavy atom. The van der Waals surface area contributed by atoms with Crippen molar-refractivity contribution in [1.82, 2.24) is 4.90 Å². The van der Waals surface area contributed by atoms with Gasteiger partial charge in [-0.2, -0.15) is 0 Å². The Balaban J connectivity index is 1.82. The minimum absolute atomic E-state index is 0.235. The van der Waals surface area contributed by atoms with Crippen LogP contribution in [0.1, 0.15) is 84.0 Å². The summed E-state index contributed by atoms with van der Waals surface area (Å²) in [4.78, 5) is 13.2. The SMILES string of the molecule is CCCCCCCCCCCCN1CCC[C@@H]1C=O. The smallest absolute Gasteiger partial charge is 0.137 e. The topological polar surface area (TPSA) is 20.3 Å². The van der Waals surface area contributed by atoms with Crippen molar-refractivity contribution >= 4 is 6.29 Å². The summed E-state index contributed by atoms with van der Waals surface area (Å²) in [5.41, 5.74) is 0. The summed E-state index contributed by atoms with van der Waals surface area (Å²) >= 11 is 0. The van der Waals surface area contributed by atoms with Crippen LogP contribution in [0.15, 0.2) is 0 Å². The monoisotopic (exact) mass is 267 g/mol. The Bertz CT molecular complexity index is 217. The third kappa shape index (κ3) is 7.71. The van der Waals surface area contributed by atoms with Crippen molar-refractivity contribution in [3.8, 4) is 0 Å². The predicted molar refractivity (Wildman–Crippen MR) is 82.5 cm³/mol. The molecule has 0 aromatic heterocycles. The summed E-state index contributed by atoms with van der Waals surface area (Å²) in [5, 5.41) is 0. The average Bonchev–Trinajstić information content (AvgIpc) is 2.88. The van der Waals surface area contributed by atoms with Gasteiger partial charge in [0.25, 0.3) is 0 Å². The third-order valence-corrected chi connectivity index (χ3v) is 4.37. The highest BCUT2D eigenvalue weighted by Gasteiger charge is 2.22. The molecule has 2 nitrogen and oxygen atoms in total. The van der Waals surface area contributed by atoms with Crippen LogP contribution in [0.4, 0.5) is 0 Å². The second kappa shape index (κ2) is 11.5. The average molecular weight is 267 g/mol. The molecule has 19 heavy (non-hydrogen) atoms. The molecule has 1 rings (SSSR count). The van der Waals surface area contributed by atoms with E-state index in [1.807, 2.05) is 0 Å². The van der Waals surface area contributed by atoms with Crippen molar-refractivity contribution in [1.29, 1.82) is 0 Å². The Labute approximate surface area is 119 Å². The van der Waals surface area contributed by atoms with Gasteiger partial charge in [0.05, 0.1) is 6.04 Å². The summed E-state index contributed by atoms with van der Waals surface area (Å²) in [6.07, 6.45) is 17.3. The summed E-state index contributed by atoms with van der Waals surface area (Å²) in [5.74, 6) is 0. The summed E-state index contributed by atoms with van der Waals surface area (Å²) < 4.78 is 0. The maximum Gasteiger partial charge on any atom is 0.137 e. The van der Waals surface area contributed by atoms with Gasteiger partial charge in [-0.15, -0.1) is 0 Å². The highest BCUT2D eigenvalue weighted by molar-refractivity contribution is 5.58. The van der Waals surface area contributed by atoms with Gasteiger partial charge in [-0.25, -0.2) is 0 Å². The van der Waals surface area contributed by atoms with E-state index in [2.05, 4.69) is 11.8 Å². The van der Waals surface area contributed by atoms with Crippen LogP contribution in [0.3, 0.4) is 0 Å². The van der Waals surface area contributed by atoms with E-state index >= 15 is 0 Å². The first kappa shape index (κ1) is 16.7. The number of carbonyl (C=O) groups is 1. The highest BCUT2D eigenvalue weighted by atomic mass is 16.1. The summed E-state index contributed by atoms with van der Waals surface area (Å²) in [6.45, 7) is 4.55. The molecule has 0 aromatic rings. The van der Waals surface area contributed by atoms with E-state index in [9.17, 15) is 4.79 Å². The molecule has 0 N–H and O–H groups in total. The zero-order valence-electron chi connectivity index (χ0n) is 12.9. The van der Waals surface area contributed by atoms with E-state index in [-0.39, 0.29) is 6.04 Å². The Kier molecular flexibility index (Phi) is 10.1. The molecule has 0 radical (unpaired) electrons. The fourth-order valence-electron chi connectivity index (χ4n) is 3.09. The molecule has 112 valence electrons. The van der Waals surface area contributed by atoms with E-state index in [1.54, 1.807) is 0 Å². The van der Waals surface area contributed by atoms with Crippen LogP contribution in [0.2, 0.25) is 0 Å². The number of likely N-dealkylation sites (tertiary alicyclic amines) is 1. The van der Waals surface area contributed by atoms with Crippen molar-refractivity contribution in [2.45, 2.75) is 90.0 Å². The van der Waals surface area contributed by atoms with E-state index in [1.165, 1.54) is 70.6 Å². The van der Waals surface area contributed by atoms with Gasteiger partial charge < -0.3 is 4.79 Å². The molecule has 1 saturated heterocycles. The molecule has 0 amide bonds. The van der Waals surface area contributed by atoms with Gasteiger partial charge in [0, 0.05) is 0 Å². The molecule has 0 saturated carbocycles. The number of carbonyl (C=O) groups excluding carboxylic acids is 1. The minimum atomic E-state index is 0.235. The van der Waals surface area contributed by atoms with Crippen LogP contribution in [0, 0.1) is 0 Å². The first-order chi connectivity index (χ1) is 9.38. The summed E-state index contributed by atoms with van der Waals surface area (Å²) in [6, 6.07) is 0.235. The van der Waals surface area contributed by atoms with Gasteiger partial charge in [-0.3, -0.25) is 4.90 Å². The lowest BCUT2D eigenvalue weighted by atomic mass is 10.1. The Morgan fingerprint density at radius 1 is 0.947 bits per heavy atom. The first-order valence-electron chi connectivity index (χ1n) is 8.58. The number of rotatable bonds is 12. The molecule has 0 spiro atoms. The second-order valence-corrected chi connectivity index (χ2v) is 6.06. The van der Waals surface area contributed by atoms with E-state index in [0.29, 0.717) is 0 Å². The zero-order valence-corrected chi connectivity index (χ0v) is 12.9. The lowest BCUT2D eigenvalue weighted by Crippen LogP contribution is -2.31. The molecule has 2 heteroatoms. The molecule has 0 unspecified atom stereocenters. The quantitative estimate of drug-likeness (QED) is 0.381. The van der Waals surface area contributed by atoms with Gasteiger partial charge in [0.1, 0.15) is 6.29 Å². The predicted octanol–water partition coefficient (Wildman–Crippen LogP) is 4.57. The fourth-order valence-corrected chi connectivity index (χ4v) is 3.09. The third-order valence-electron chi connectivity index (χ3n) is 4.37. The highest BCUT2D eigenvalue weighted by Crippen LogP contribution is 2.16. The van der Waals surface area contributed by atoms with E-state index < -0.39 is 0 Å². The van der Waals surface area contributed by atoms with Crippen LogP contribution in [0.5, 0.6) is 0 Å². The van der Waals surface area contributed by atoms with Gasteiger partial charge in [0.2, 0.25) is 0 Å². The number of hydrogen-bond acceptors (Lipinski definition) is 2. The zero-order chi connectivity index (χ0) is 13.8. The van der Waals surface area contributed by atoms with Gasteiger partial charge in [-0.05, 0) is 32.4 Å². The van der Waals surface area contributed by atoms with E-state index in [4.69, 9.17) is 0 Å². The standard InChI is InChI=1S/C17H33NO/c1-2-3-4-5-6-7-8-9-10-11-14-18-15-12-13-17(18)16-19/h16-17H,2-15H2,1H3/t17-/m1/s1. The maximum atomic E-state index is 10.9. The lowest BCUT2D eigenvalue weighted by Gasteiger charge is -2.19. The van der Waals surface area contributed by atoms with Crippen molar-refractivity contribution in [3.63, 3.8) is 0 Å². The minimum Gasteiger partial charge on any atom is -0.302 e. The van der Waals surface area contributed by atoms with Gasteiger partial charge in [0.15, 0.2) is 0 Å². The number of aldehydes is 1. The van der Waals surface area contributed by atoms with E-state index in [0.717, 1.165) is 25.8 Å². The lowest BCUT2D eigenvalue weighted by molar-refractivity contribution is -0.111. The number of hydrogen-bond donors (Lipinski definition) is 0. The van der Waals surface area contributed by atoms with Crippen LogP contribution in [-0.4, -0.2) is 30.3 Å². The molecular formula is C17H33NO. The molecule has 0 aromatic carbocycles. The molecule has 1 aliphatic rings. The normalized spacial score (nSPS) is 19.9. The summed E-state index contributed by atoms with van der Waals surface area (Å²) in [7, 11) is 0. The maximum absolute atomic E-state index is 10.9. The number of unbranched alkanes of at least 4 members (excludes halogenated alkanes) is 9. The van der Waals surface area contributed by atoms with Crippen molar-refractivity contribution < 1.29 is 4.79 Å². The molecule has 1 aliphatic heterocycles. The second-order valence-electron chi connectivity index (χ2n) is 6.06. The largest absolute Gasteiger partial charge is 0.302 e. The van der Waals surface area contributed by atoms with Crippen molar-refractivity contribution in [2.75, 3.05) is 13.1 Å². The van der Waals surface area contributed by atoms with Crippen molar-refractivity contribution in [3.05, 3.63) is 0 Å². The Hall–Kier alpha value is -0.370. The van der Waals surface area contributed by atoms with Crippen LogP contribution in [0.25, 0.3) is 0 Å². The van der Waals surface area contributed by atoms with Crippen molar-refractivity contribution in [2.24, 2.45) is 0 Å². The van der Waals surface area contributed by atoms with Gasteiger partial charge in [-0.1, -0.05) is 64.7 Å². The molecule has 1 heterocycles. The Morgan fingerprint density at radius 2 is 1.53 bits per heavy atom. The molecule has 0 aliphatic carbocycles. The molecular weight excluding hydrogens is 234 g/mol. The van der Waals surface area contributed by atoms with Crippen LogP contribution < -0.4 is 0 Å². The van der Waals surface area contributed by atoms with Crippen LogP contribution >= 0.6 is 0 Å². The molecule has 1 atom stereocenters. The van der Waals surface area contributed by atoms with Crippen LogP contribution in [-0.2, 0) is 4.79 Å². The van der Waals surface area contributed by atoms with Gasteiger partial charge >= 0.3 is 0 Å². The molecule has 1 fully saturated rings. The fraction of sp³-hybridized carbons (Fsp3) is 0.941. The number of nitrogens with zero attached hydrogens (tertiary/aromatic N) is 1. The molecule has 0 bridgehead atoms. The first-order valence-corrected chi connectivity index (χ1v) is 8.58.